The normalized spacial score (nSPS) is 11.2. The summed E-state index contributed by atoms with van der Waals surface area (Å²) in [6.45, 7) is 2.20. The Hall–Kier alpha value is -2.80. The van der Waals surface area contributed by atoms with E-state index < -0.39 is 0 Å². The molecular formula is C16H12N4O2S. The molecule has 0 fully saturated rings. The van der Waals surface area contributed by atoms with Crippen LogP contribution in [0.3, 0.4) is 0 Å². The second-order valence-electron chi connectivity index (χ2n) is 5.14. The molecule has 0 unspecified atom stereocenters. The Balaban J connectivity index is 1.68. The molecule has 0 spiro atoms. The summed E-state index contributed by atoms with van der Waals surface area (Å²) in [6.07, 6.45) is 1.51. The SMILES string of the molecule is Cc1ccccc1-c1noc(Cn2cnc3sccc3c2=O)n1. The highest BCUT2D eigenvalue weighted by atomic mass is 32.1. The molecule has 0 bridgehead atoms. The monoisotopic (exact) mass is 324 g/mol. The van der Waals surface area contributed by atoms with E-state index in [0.29, 0.717) is 17.1 Å². The molecule has 0 amide bonds. The van der Waals surface area contributed by atoms with Crippen LogP contribution in [0.5, 0.6) is 0 Å². The Kier molecular flexibility index (Phi) is 3.27. The third kappa shape index (κ3) is 2.44. The van der Waals surface area contributed by atoms with Crippen LogP contribution in [0.1, 0.15) is 11.5 Å². The van der Waals surface area contributed by atoms with Crippen LogP contribution in [-0.2, 0) is 6.54 Å². The molecule has 3 aromatic heterocycles. The molecule has 0 N–H and O–H groups in total. The molecule has 1 aromatic carbocycles. The number of nitrogens with zero attached hydrogens (tertiary/aromatic N) is 4. The maximum absolute atomic E-state index is 12.4. The standard InChI is InChI=1S/C16H12N4O2S/c1-10-4-2-3-5-11(10)14-18-13(22-19-14)8-20-9-17-15-12(16(20)21)6-7-23-15/h2-7,9H,8H2,1H3. The highest BCUT2D eigenvalue weighted by Gasteiger charge is 2.12. The second kappa shape index (κ2) is 5.44. The van der Waals surface area contributed by atoms with Gasteiger partial charge in [0.2, 0.25) is 11.7 Å². The first kappa shape index (κ1) is 13.8. The zero-order valence-corrected chi connectivity index (χ0v) is 13.1. The number of benzene rings is 1. The van der Waals surface area contributed by atoms with E-state index in [-0.39, 0.29) is 12.1 Å². The molecule has 3 heterocycles. The second-order valence-corrected chi connectivity index (χ2v) is 6.04. The van der Waals surface area contributed by atoms with Crippen molar-refractivity contribution in [1.29, 1.82) is 0 Å². The maximum Gasteiger partial charge on any atom is 0.262 e. The third-order valence-corrected chi connectivity index (χ3v) is 4.43. The van der Waals surface area contributed by atoms with E-state index in [4.69, 9.17) is 4.52 Å². The molecule has 0 saturated heterocycles. The van der Waals surface area contributed by atoms with E-state index in [9.17, 15) is 4.79 Å². The fraction of sp³-hybridized carbons (Fsp3) is 0.125. The molecule has 0 saturated carbocycles. The average Bonchev–Trinajstić information content (AvgIpc) is 3.20. The fourth-order valence-corrected chi connectivity index (χ4v) is 3.13. The van der Waals surface area contributed by atoms with Gasteiger partial charge in [0.15, 0.2) is 0 Å². The van der Waals surface area contributed by atoms with Crippen LogP contribution in [-0.4, -0.2) is 19.7 Å². The summed E-state index contributed by atoms with van der Waals surface area (Å²) >= 11 is 1.44. The summed E-state index contributed by atoms with van der Waals surface area (Å²) in [5.74, 6) is 0.900. The number of aryl methyl sites for hydroxylation is 1. The van der Waals surface area contributed by atoms with Crippen LogP contribution in [0.4, 0.5) is 0 Å². The maximum atomic E-state index is 12.4. The lowest BCUT2D eigenvalue weighted by Crippen LogP contribution is -2.20. The van der Waals surface area contributed by atoms with Crippen molar-refractivity contribution < 1.29 is 4.52 Å². The molecule has 0 aliphatic carbocycles. The lowest BCUT2D eigenvalue weighted by molar-refractivity contribution is 0.369. The molecule has 0 aliphatic rings. The van der Waals surface area contributed by atoms with Crippen molar-refractivity contribution in [3.8, 4) is 11.4 Å². The van der Waals surface area contributed by atoms with E-state index in [2.05, 4.69) is 15.1 Å². The van der Waals surface area contributed by atoms with Gasteiger partial charge in [-0.1, -0.05) is 29.4 Å². The Labute approximate surface area is 135 Å². The van der Waals surface area contributed by atoms with Crippen LogP contribution < -0.4 is 5.56 Å². The quantitative estimate of drug-likeness (QED) is 0.579. The Morgan fingerprint density at radius 3 is 3.00 bits per heavy atom. The van der Waals surface area contributed by atoms with Gasteiger partial charge < -0.3 is 4.52 Å². The highest BCUT2D eigenvalue weighted by Crippen LogP contribution is 2.20. The van der Waals surface area contributed by atoms with Gasteiger partial charge in [-0.3, -0.25) is 9.36 Å². The first-order valence-electron chi connectivity index (χ1n) is 7.03. The number of rotatable bonds is 3. The predicted molar refractivity (Wildman–Crippen MR) is 87.5 cm³/mol. The van der Waals surface area contributed by atoms with Crippen molar-refractivity contribution in [1.82, 2.24) is 19.7 Å². The highest BCUT2D eigenvalue weighted by molar-refractivity contribution is 7.16. The van der Waals surface area contributed by atoms with Crippen molar-refractivity contribution in [2.24, 2.45) is 0 Å². The van der Waals surface area contributed by atoms with Gasteiger partial charge in [-0.2, -0.15) is 4.98 Å². The van der Waals surface area contributed by atoms with E-state index in [1.807, 2.05) is 36.6 Å². The smallest absolute Gasteiger partial charge is 0.262 e. The van der Waals surface area contributed by atoms with Gasteiger partial charge >= 0.3 is 0 Å². The van der Waals surface area contributed by atoms with Crippen molar-refractivity contribution >= 4 is 21.6 Å². The third-order valence-electron chi connectivity index (χ3n) is 3.61. The molecule has 4 aromatic rings. The number of aromatic nitrogens is 4. The van der Waals surface area contributed by atoms with E-state index in [1.165, 1.54) is 22.2 Å². The van der Waals surface area contributed by atoms with Gasteiger partial charge in [-0.05, 0) is 23.9 Å². The molecule has 114 valence electrons. The van der Waals surface area contributed by atoms with Crippen molar-refractivity contribution in [3.63, 3.8) is 0 Å². The van der Waals surface area contributed by atoms with Crippen LogP contribution in [0.2, 0.25) is 0 Å². The summed E-state index contributed by atoms with van der Waals surface area (Å²) in [5, 5.41) is 6.47. The summed E-state index contributed by atoms with van der Waals surface area (Å²) in [7, 11) is 0. The van der Waals surface area contributed by atoms with Gasteiger partial charge in [0.25, 0.3) is 5.56 Å². The van der Waals surface area contributed by atoms with Gasteiger partial charge in [0.1, 0.15) is 11.4 Å². The average molecular weight is 324 g/mol. The van der Waals surface area contributed by atoms with Crippen LogP contribution in [0.15, 0.2) is 51.4 Å². The Bertz CT molecular complexity index is 1050. The lowest BCUT2D eigenvalue weighted by atomic mass is 10.1. The molecule has 7 heteroatoms. The van der Waals surface area contributed by atoms with Gasteiger partial charge in [0, 0.05) is 5.56 Å². The predicted octanol–water partition coefficient (Wildman–Crippen LogP) is 2.86. The van der Waals surface area contributed by atoms with Crippen LogP contribution in [0, 0.1) is 6.92 Å². The minimum absolute atomic E-state index is 0.105. The fourth-order valence-electron chi connectivity index (χ4n) is 2.40. The lowest BCUT2D eigenvalue weighted by Gasteiger charge is -2.00. The molecule has 6 nitrogen and oxygen atoms in total. The molecule has 4 rings (SSSR count). The molecule has 23 heavy (non-hydrogen) atoms. The molecule has 0 atom stereocenters. The van der Waals surface area contributed by atoms with Crippen molar-refractivity contribution in [3.05, 3.63) is 63.8 Å². The minimum atomic E-state index is -0.105. The van der Waals surface area contributed by atoms with Crippen LogP contribution >= 0.6 is 11.3 Å². The first-order chi connectivity index (χ1) is 11.2. The van der Waals surface area contributed by atoms with Crippen LogP contribution in [0.25, 0.3) is 21.6 Å². The van der Waals surface area contributed by atoms with Gasteiger partial charge in [-0.25, -0.2) is 4.98 Å². The number of hydrogen-bond donors (Lipinski definition) is 0. The number of hydrogen-bond acceptors (Lipinski definition) is 6. The zero-order chi connectivity index (χ0) is 15.8. The summed E-state index contributed by atoms with van der Waals surface area (Å²) < 4.78 is 6.76. The summed E-state index contributed by atoms with van der Waals surface area (Å²) in [6, 6.07) is 9.59. The first-order valence-corrected chi connectivity index (χ1v) is 7.91. The zero-order valence-electron chi connectivity index (χ0n) is 12.3. The van der Waals surface area contributed by atoms with E-state index in [1.54, 1.807) is 6.07 Å². The molecule has 0 radical (unpaired) electrons. The minimum Gasteiger partial charge on any atom is -0.337 e. The number of thiophene rings is 1. The topological polar surface area (TPSA) is 73.8 Å². The van der Waals surface area contributed by atoms with Gasteiger partial charge in [-0.15, -0.1) is 11.3 Å². The molecule has 0 aliphatic heterocycles. The summed E-state index contributed by atoms with van der Waals surface area (Å²) in [5.41, 5.74) is 1.88. The largest absolute Gasteiger partial charge is 0.337 e. The Morgan fingerprint density at radius 2 is 2.13 bits per heavy atom. The number of fused-ring (bicyclic) bond motifs is 1. The summed E-state index contributed by atoms with van der Waals surface area (Å²) in [4.78, 5) is 21.7. The van der Waals surface area contributed by atoms with Crippen molar-refractivity contribution in [2.45, 2.75) is 13.5 Å². The van der Waals surface area contributed by atoms with E-state index in [0.717, 1.165) is 16.0 Å². The Morgan fingerprint density at radius 1 is 1.26 bits per heavy atom. The molecular weight excluding hydrogens is 312 g/mol. The van der Waals surface area contributed by atoms with E-state index >= 15 is 0 Å². The van der Waals surface area contributed by atoms with Gasteiger partial charge in [0.05, 0.1) is 11.7 Å². The van der Waals surface area contributed by atoms with Crippen molar-refractivity contribution in [2.75, 3.05) is 0 Å².